The molecule has 84 valence electrons. The molecule has 0 bridgehead atoms. The number of benzene rings is 1. The van der Waals surface area contributed by atoms with Crippen molar-refractivity contribution in [3.05, 3.63) is 42.4 Å². The number of nitrogens with zero attached hydrogens (tertiary/aromatic N) is 4. The van der Waals surface area contributed by atoms with E-state index in [0.29, 0.717) is 11.6 Å². The third-order valence-electron chi connectivity index (χ3n) is 2.57. The number of nitrogens with two attached hydrogens (primary N) is 1. The molecule has 0 aliphatic rings. The molecule has 2 heterocycles. The van der Waals surface area contributed by atoms with Crippen LogP contribution < -0.4 is 5.73 Å². The first-order chi connectivity index (χ1) is 8.25. The van der Waals surface area contributed by atoms with E-state index in [4.69, 9.17) is 5.73 Å². The standard InChI is InChI=1S/C12H11N5/c1-8-15-11(13)10-7-14-17(12(10)16-8)9-5-3-2-4-6-9/h2-7H,1H3,(H2,13,15,16). The number of hydrogen-bond acceptors (Lipinski definition) is 4. The number of para-hydroxylation sites is 1. The Morgan fingerprint density at radius 2 is 1.88 bits per heavy atom. The average molecular weight is 225 g/mol. The van der Waals surface area contributed by atoms with Crippen LogP contribution in [0.2, 0.25) is 0 Å². The highest BCUT2D eigenvalue weighted by atomic mass is 15.3. The van der Waals surface area contributed by atoms with Crippen LogP contribution in [0.5, 0.6) is 0 Å². The molecule has 0 spiro atoms. The van der Waals surface area contributed by atoms with Gasteiger partial charge in [-0.15, -0.1) is 0 Å². The van der Waals surface area contributed by atoms with Gasteiger partial charge in [-0.1, -0.05) is 18.2 Å². The van der Waals surface area contributed by atoms with Gasteiger partial charge in [-0.3, -0.25) is 0 Å². The zero-order chi connectivity index (χ0) is 11.8. The van der Waals surface area contributed by atoms with Crippen LogP contribution in [0.3, 0.4) is 0 Å². The SMILES string of the molecule is Cc1nc(N)c2cnn(-c3ccccc3)c2n1. The summed E-state index contributed by atoms with van der Waals surface area (Å²) in [7, 11) is 0. The maximum absolute atomic E-state index is 5.84. The molecule has 0 atom stereocenters. The largest absolute Gasteiger partial charge is 0.383 e. The number of fused-ring (bicyclic) bond motifs is 1. The van der Waals surface area contributed by atoms with Crippen molar-refractivity contribution < 1.29 is 0 Å². The highest BCUT2D eigenvalue weighted by Gasteiger charge is 2.10. The van der Waals surface area contributed by atoms with E-state index in [2.05, 4.69) is 15.1 Å². The molecule has 5 heteroatoms. The summed E-state index contributed by atoms with van der Waals surface area (Å²) < 4.78 is 1.76. The molecule has 5 nitrogen and oxygen atoms in total. The van der Waals surface area contributed by atoms with Crippen molar-refractivity contribution in [1.82, 2.24) is 19.7 Å². The summed E-state index contributed by atoms with van der Waals surface area (Å²) in [5.74, 6) is 1.11. The maximum atomic E-state index is 5.84. The van der Waals surface area contributed by atoms with Gasteiger partial charge < -0.3 is 5.73 Å². The lowest BCUT2D eigenvalue weighted by Crippen LogP contribution is -2.01. The molecule has 17 heavy (non-hydrogen) atoms. The summed E-state index contributed by atoms with van der Waals surface area (Å²) in [5, 5.41) is 5.08. The highest BCUT2D eigenvalue weighted by molar-refractivity contribution is 5.86. The average Bonchev–Trinajstić information content (AvgIpc) is 2.74. The Morgan fingerprint density at radius 1 is 1.12 bits per heavy atom. The molecule has 0 aliphatic carbocycles. The van der Waals surface area contributed by atoms with Crippen molar-refractivity contribution >= 4 is 16.9 Å². The Balaban J connectivity index is 2.32. The van der Waals surface area contributed by atoms with Crippen molar-refractivity contribution in [2.45, 2.75) is 6.92 Å². The quantitative estimate of drug-likeness (QED) is 0.684. The number of nitrogen functional groups attached to an aromatic ring is 1. The van der Waals surface area contributed by atoms with E-state index < -0.39 is 0 Å². The minimum Gasteiger partial charge on any atom is -0.383 e. The summed E-state index contributed by atoms with van der Waals surface area (Å²) in [6.07, 6.45) is 1.69. The first kappa shape index (κ1) is 9.77. The van der Waals surface area contributed by atoms with Crippen LogP contribution in [0.25, 0.3) is 16.7 Å². The van der Waals surface area contributed by atoms with Crippen LogP contribution >= 0.6 is 0 Å². The monoisotopic (exact) mass is 225 g/mol. The van der Waals surface area contributed by atoms with Gasteiger partial charge in [0.25, 0.3) is 0 Å². The summed E-state index contributed by atoms with van der Waals surface area (Å²) in [6, 6.07) is 9.82. The summed E-state index contributed by atoms with van der Waals surface area (Å²) in [4.78, 5) is 8.50. The molecule has 1 aromatic carbocycles. The van der Waals surface area contributed by atoms with Crippen LogP contribution in [0.15, 0.2) is 36.5 Å². The summed E-state index contributed by atoms with van der Waals surface area (Å²) in [5.41, 5.74) is 7.54. The van der Waals surface area contributed by atoms with Gasteiger partial charge in [0.2, 0.25) is 0 Å². The van der Waals surface area contributed by atoms with Crippen LogP contribution in [0, 0.1) is 6.92 Å². The van der Waals surface area contributed by atoms with E-state index in [1.165, 1.54) is 0 Å². The van der Waals surface area contributed by atoms with Crippen molar-refractivity contribution in [2.75, 3.05) is 5.73 Å². The minimum absolute atomic E-state index is 0.467. The number of aromatic nitrogens is 4. The molecule has 3 aromatic rings. The first-order valence-electron chi connectivity index (χ1n) is 5.29. The number of anilines is 1. The van der Waals surface area contributed by atoms with E-state index >= 15 is 0 Å². The lowest BCUT2D eigenvalue weighted by atomic mass is 10.3. The van der Waals surface area contributed by atoms with E-state index in [1.807, 2.05) is 37.3 Å². The first-order valence-corrected chi connectivity index (χ1v) is 5.29. The molecule has 0 amide bonds. The van der Waals surface area contributed by atoms with Crippen molar-refractivity contribution in [3.8, 4) is 5.69 Å². The fourth-order valence-corrected chi connectivity index (χ4v) is 1.80. The Morgan fingerprint density at radius 3 is 2.65 bits per heavy atom. The summed E-state index contributed by atoms with van der Waals surface area (Å²) >= 11 is 0. The Hall–Kier alpha value is -2.43. The number of aryl methyl sites for hydroxylation is 1. The summed E-state index contributed by atoms with van der Waals surface area (Å²) in [6.45, 7) is 1.82. The van der Waals surface area contributed by atoms with E-state index in [9.17, 15) is 0 Å². The topological polar surface area (TPSA) is 69.6 Å². The van der Waals surface area contributed by atoms with E-state index in [-0.39, 0.29) is 0 Å². The van der Waals surface area contributed by atoms with Gasteiger partial charge in [-0.2, -0.15) is 5.10 Å². The third-order valence-corrected chi connectivity index (χ3v) is 2.57. The van der Waals surface area contributed by atoms with E-state index in [1.54, 1.807) is 10.9 Å². The molecule has 0 fully saturated rings. The number of rotatable bonds is 1. The van der Waals surface area contributed by atoms with E-state index in [0.717, 1.165) is 16.7 Å². The molecule has 0 saturated carbocycles. The zero-order valence-corrected chi connectivity index (χ0v) is 9.33. The number of hydrogen-bond donors (Lipinski definition) is 1. The second-order valence-corrected chi connectivity index (χ2v) is 3.79. The molecule has 0 aliphatic heterocycles. The molecule has 0 unspecified atom stereocenters. The molecular formula is C12H11N5. The third kappa shape index (κ3) is 1.52. The smallest absolute Gasteiger partial charge is 0.168 e. The van der Waals surface area contributed by atoms with Gasteiger partial charge in [0.15, 0.2) is 5.65 Å². The van der Waals surface area contributed by atoms with Gasteiger partial charge in [-0.05, 0) is 19.1 Å². The normalized spacial score (nSPS) is 10.9. The van der Waals surface area contributed by atoms with Gasteiger partial charge in [0.05, 0.1) is 17.3 Å². The predicted octanol–water partition coefficient (Wildman–Crippen LogP) is 1.71. The Kier molecular flexibility index (Phi) is 2.04. The Bertz CT molecular complexity index is 672. The lowest BCUT2D eigenvalue weighted by Gasteiger charge is -2.03. The minimum atomic E-state index is 0.467. The fourth-order valence-electron chi connectivity index (χ4n) is 1.80. The second-order valence-electron chi connectivity index (χ2n) is 3.79. The lowest BCUT2D eigenvalue weighted by molar-refractivity contribution is 0.890. The van der Waals surface area contributed by atoms with Crippen molar-refractivity contribution in [3.63, 3.8) is 0 Å². The van der Waals surface area contributed by atoms with Gasteiger partial charge in [0, 0.05) is 0 Å². The molecule has 2 aromatic heterocycles. The molecule has 0 saturated heterocycles. The highest BCUT2D eigenvalue weighted by Crippen LogP contribution is 2.20. The Labute approximate surface area is 97.9 Å². The van der Waals surface area contributed by atoms with Crippen LogP contribution in [-0.2, 0) is 0 Å². The molecule has 0 radical (unpaired) electrons. The zero-order valence-electron chi connectivity index (χ0n) is 9.33. The molecule has 3 rings (SSSR count). The van der Waals surface area contributed by atoms with Crippen LogP contribution in [-0.4, -0.2) is 19.7 Å². The van der Waals surface area contributed by atoms with Gasteiger partial charge >= 0.3 is 0 Å². The van der Waals surface area contributed by atoms with Gasteiger partial charge in [-0.25, -0.2) is 14.6 Å². The van der Waals surface area contributed by atoms with Crippen molar-refractivity contribution in [1.29, 1.82) is 0 Å². The maximum Gasteiger partial charge on any atom is 0.168 e. The van der Waals surface area contributed by atoms with Crippen molar-refractivity contribution in [2.24, 2.45) is 0 Å². The fraction of sp³-hybridized carbons (Fsp3) is 0.0833. The van der Waals surface area contributed by atoms with Gasteiger partial charge in [0.1, 0.15) is 11.6 Å². The molecule has 2 N–H and O–H groups in total. The van der Waals surface area contributed by atoms with Crippen LogP contribution in [0.4, 0.5) is 5.82 Å². The second kappa shape index (κ2) is 3.55. The predicted molar refractivity (Wildman–Crippen MR) is 65.8 cm³/mol. The molecular weight excluding hydrogens is 214 g/mol. The van der Waals surface area contributed by atoms with Crippen LogP contribution in [0.1, 0.15) is 5.82 Å².